The lowest BCUT2D eigenvalue weighted by Crippen LogP contribution is -1.92. The first kappa shape index (κ1) is 11.6. The Bertz CT molecular complexity index is 412. The Hall–Kier alpha value is -1.51. The molecule has 0 N–H and O–H groups in total. The molecule has 0 saturated carbocycles. The Morgan fingerprint density at radius 3 is 2.53 bits per heavy atom. The van der Waals surface area contributed by atoms with Crippen LogP contribution in [0.1, 0.15) is 33.0 Å². The lowest BCUT2D eigenvalue weighted by molar-refractivity contribution is 0.959. The highest BCUT2D eigenvalue weighted by atomic mass is 14.9. The Morgan fingerprint density at radius 1 is 1.13 bits per heavy atom. The Labute approximate surface area is 90.6 Å². The van der Waals surface area contributed by atoms with E-state index in [9.17, 15) is 0 Å². The SMILES string of the molecule is CCC.CCc1ncc2ccncc2n1. The van der Waals surface area contributed by atoms with Gasteiger partial charge in [0.2, 0.25) is 0 Å². The van der Waals surface area contributed by atoms with Crippen molar-refractivity contribution in [2.24, 2.45) is 0 Å². The van der Waals surface area contributed by atoms with Crippen LogP contribution in [0, 0.1) is 0 Å². The lowest BCUT2D eigenvalue weighted by Gasteiger charge is -1.97. The molecule has 3 heteroatoms. The molecule has 0 aliphatic heterocycles. The van der Waals surface area contributed by atoms with Gasteiger partial charge in [0.1, 0.15) is 5.82 Å². The first-order valence-corrected chi connectivity index (χ1v) is 5.37. The van der Waals surface area contributed by atoms with Crippen LogP contribution in [-0.4, -0.2) is 15.0 Å². The van der Waals surface area contributed by atoms with Crippen molar-refractivity contribution in [1.82, 2.24) is 15.0 Å². The van der Waals surface area contributed by atoms with E-state index in [-0.39, 0.29) is 0 Å². The summed E-state index contributed by atoms with van der Waals surface area (Å²) in [6, 6.07) is 1.91. The quantitative estimate of drug-likeness (QED) is 0.715. The molecule has 15 heavy (non-hydrogen) atoms. The fraction of sp³-hybridized carbons (Fsp3) is 0.417. The molecular formula is C12H17N3. The molecule has 2 heterocycles. The zero-order valence-electron chi connectivity index (χ0n) is 9.57. The maximum Gasteiger partial charge on any atom is 0.128 e. The van der Waals surface area contributed by atoms with Gasteiger partial charge in [0.15, 0.2) is 0 Å². The number of pyridine rings is 1. The van der Waals surface area contributed by atoms with Gasteiger partial charge in [-0.2, -0.15) is 0 Å². The molecule has 0 saturated heterocycles. The van der Waals surface area contributed by atoms with Crippen molar-refractivity contribution in [2.45, 2.75) is 33.6 Å². The minimum atomic E-state index is 0.866. The van der Waals surface area contributed by atoms with Gasteiger partial charge in [0.25, 0.3) is 0 Å². The summed E-state index contributed by atoms with van der Waals surface area (Å²) in [6.45, 7) is 6.29. The minimum Gasteiger partial charge on any atom is -0.262 e. The first-order chi connectivity index (χ1) is 7.31. The smallest absolute Gasteiger partial charge is 0.128 e. The average molecular weight is 203 g/mol. The summed E-state index contributed by atoms with van der Waals surface area (Å²) in [6.07, 6.45) is 7.46. The summed E-state index contributed by atoms with van der Waals surface area (Å²) in [5.74, 6) is 0.871. The number of aromatic nitrogens is 3. The highest BCUT2D eigenvalue weighted by Gasteiger charge is 1.95. The third-order valence-electron chi connectivity index (χ3n) is 1.75. The summed E-state index contributed by atoms with van der Waals surface area (Å²) >= 11 is 0. The van der Waals surface area contributed by atoms with Crippen LogP contribution >= 0.6 is 0 Å². The normalized spacial score (nSPS) is 9.53. The molecule has 0 amide bonds. The molecule has 2 aromatic rings. The largest absolute Gasteiger partial charge is 0.262 e. The van der Waals surface area contributed by atoms with E-state index in [1.54, 1.807) is 12.4 Å². The van der Waals surface area contributed by atoms with Crippen LogP contribution in [0.2, 0.25) is 0 Å². The minimum absolute atomic E-state index is 0.866. The second kappa shape index (κ2) is 6.06. The Balaban J connectivity index is 0.000000337. The topological polar surface area (TPSA) is 38.7 Å². The molecule has 3 nitrogen and oxygen atoms in total. The zero-order chi connectivity index (χ0) is 11.1. The van der Waals surface area contributed by atoms with Gasteiger partial charge < -0.3 is 0 Å². The zero-order valence-corrected chi connectivity index (χ0v) is 9.57. The van der Waals surface area contributed by atoms with Gasteiger partial charge in [-0.05, 0) is 6.07 Å². The third-order valence-corrected chi connectivity index (χ3v) is 1.75. The van der Waals surface area contributed by atoms with E-state index in [0.717, 1.165) is 23.1 Å². The summed E-state index contributed by atoms with van der Waals surface area (Å²) in [4.78, 5) is 12.5. The van der Waals surface area contributed by atoms with Crippen molar-refractivity contribution in [3.8, 4) is 0 Å². The first-order valence-electron chi connectivity index (χ1n) is 5.37. The van der Waals surface area contributed by atoms with Crippen LogP contribution in [0.3, 0.4) is 0 Å². The van der Waals surface area contributed by atoms with E-state index in [2.05, 4.69) is 28.8 Å². The maximum absolute atomic E-state index is 4.32. The van der Waals surface area contributed by atoms with E-state index < -0.39 is 0 Å². The van der Waals surface area contributed by atoms with Gasteiger partial charge in [-0.25, -0.2) is 9.97 Å². The summed E-state index contributed by atoms with van der Waals surface area (Å²) in [5.41, 5.74) is 0.921. The van der Waals surface area contributed by atoms with Crippen LogP contribution < -0.4 is 0 Å². The van der Waals surface area contributed by atoms with Gasteiger partial charge in [0, 0.05) is 24.2 Å². The summed E-state index contributed by atoms with van der Waals surface area (Å²) < 4.78 is 0. The number of fused-ring (bicyclic) bond motifs is 1. The molecular weight excluding hydrogens is 186 g/mol. The van der Waals surface area contributed by atoms with Crippen LogP contribution in [0.15, 0.2) is 24.7 Å². The fourth-order valence-electron chi connectivity index (χ4n) is 1.08. The monoisotopic (exact) mass is 203 g/mol. The van der Waals surface area contributed by atoms with Crippen LogP contribution in [0.5, 0.6) is 0 Å². The van der Waals surface area contributed by atoms with E-state index in [1.165, 1.54) is 6.42 Å². The van der Waals surface area contributed by atoms with Gasteiger partial charge in [-0.3, -0.25) is 4.98 Å². The van der Waals surface area contributed by atoms with Crippen LogP contribution in [0.4, 0.5) is 0 Å². The molecule has 0 fully saturated rings. The second-order valence-corrected chi connectivity index (χ2v) is 3.28. The summed E-state index contributed by atoms with van der Waals surface area (Å²) in [7, 11) is 0. The molecule has 0 aliphatic carbocycles. The molecule has 0 radical (unpaired) electrons. The predicted molar refractivity (Wildman–Crippen MR) is 62.7 cm³/mol. The van der Waals surface area contributed by atoms with Crippen molar-refractivity contribution < 1.29 is 0 Å². The number of nitrogens with zero attached hydrogens (tertiary/aromatic N) is 3. The molecule has 0 aromatic carbocycles. The molecule has 0 atom stereocenters. The number of aryl methyl sites for hydroxylation is 1. The lowest BCUT2D eigenvalue weighted by atomic mass is 10.3. The highest BCUT2D eigenvalue weighted by molar-refractivity contribution is 5.75. The Morgan fingerprint density at radius 2 is 1.87 bits per heavy atom. The van der Waals surface area contributed by atoms with Crippen LogP contribution in [-0.2, 0) is 6.42 Å². The predicted octanol–water partition coefficient (Wildman–Crippen LogP) is 3.00. The maximum atomic E-state index is 4.32. The second-order valence-electron chi connectivity index (χ2n) is 3.28. The molecule has 0 spiro atoms. The third kappa shape index (κ3) is 3.27. The van der Waals surface area contributed by atoms with E-state index in [0.29, 0.717) is 0 Å². The number of rotatable bonds is 1. The molecule has 2 rings (SSSR count). The van der Waals surface area contributed by atoms with E-state index in [4.69, 9.17) is 0 Å². The van der Waals surface area contributed by atoms with Crippen molar-refractivity contribution in [2.75, 3.05) is 0 Å². The van der Waals surface area contributed by atoms with Gasteiger partial charge in [0.05, 0.1) is 11.7 Å². The van der Waals surface area contributed by atoms with Crippen LogP contribution in [0.25, 0.3) is 10.9 Å². The molecule has 80 valence electrons. The van der Waals surface area contributed by atoms with Crippen molar-refractivity contribution in [3.05, 3.63) is 30.5 Å². The molecule has 0 bridgehead atoms. The fourth-order valence-corrected chi connectivity index (χ4v) is 1.08. The molecule has 0 unspecified atom stereocenters. The molecule has 2 aromatic heterocycles. The number of hydrogen-bond acceptors (Lipinski definition) is 3. The van der Waals surface area contributed by atoms with Crippen molar-refractivity contribution >= 4 is 10.9 Å². The van der Waals surface area contributed by atoms with Gasteiger partial charge >= 0.3 is 0 Å². The van der Waals surface area contributed by atoms with Gasteiger partial charge in [-0.1, -0.05) is 27.2 Å². The van der Waals surface area contributed by atoms with E-state index in [1.807, 2.05) is 19.2 Å². The van der Waals surface area contributed by atoms with Crippen molar-refractivity contribution in [3.63, 3.8) is 0 Å². The Kier molecular flexibility index (Phi) is 4.68. The standard InChI is InChI=1S/C9H9N3.C3H8/c1-2-9-11-5-7-3-4-10-6-8(7)12-9;1-3-2/h3-6H,2H2,1H3;3H2,1-2H3. The summed E-state index contributed by atoms with van der Waals surface area (Å²) in [5, 5.41) is 1.04. The van der Waals surface area contributed by atoms with Gasteiger partial charge in [-0.15, -0.1) is 0 Å². The van der Waals surface area contributed by atoms with Crippen molar-refractivity contribution in [1.29, 1.82) is 0 Å². The molecule has 0 aliphatic rings. The number of hydrogen-bond donors (Lipinski definition) is 0. The van der Waals surface area contributed by atoms with E-state index >= 15 is 0 Å². The highest BCUT2D eigenvalue weighted by Crippen LogP contribution is 2.07. The average Bonchev–Trinajstić information content (AvgIpc) is 2.29.